The van der Waals surface area contributed by atoms with E-state index in [1.807, 2.05) is 0 Å². The Morgan fingerprint density at radius 1 is 1.16 bits per heavy atom. The van der Waals surface area contributed by atoms with Crippen molar-refractivity contribution < 1.29 is 29.0 Å². The Labute approximate surface area is 117 Å². The number of methoxy groups -OCH3 is 2. The summed E-state index contributed by atoms with van der Waals surface area (Å²) in [4.78, 5) is 34.5. The SMILES string of the molecule is COC(=O)C(C(=O)OC)c1cc(Br)ccc1C(=O)O. The molecule has 102 valence electrons. The first-order chi connectivity index (χ1) is 8.92. The molecule has 0 aliphatic heterocycles. The van der Waals surface area contributed by atoms with Gasteiger partial charge in [0.2, 0.25) is 0 Å². The number of hydrogen-bond acceptors (Lipinski definition) is 5. The molecule has 0 heterocycles. The maximum absolute atomic E-state index is 11.7. The molecule has 0 bridgehead atoms. The molecule has 0 aromatic heterocycles. The fourth-order valence-corrected chi connectivity index (χ4v) is 1.93. The van der Waals surface area contributed by atoms with E-state index in [9.17, 15) is 14.4 Å². The van der Waals surface area contributed by atoms with Gasteiger partial charge in [-0.3, -0.25) is 9.59 Å². The molecule has 0 saturated heterocycles. The van der Waals surface area contributed by atoms with E-state index in [1.54, 1.807) is 0 Å². The van der Waals surface area contributed by atoms with Crippen molar-refractivity contribution in [1.82, 2.24) is 0 Å². The van der Waals surface area contributed by atoms with Gasteiger partial charge in [-0.25, -0.2) is 4.79 Å². The summed E-state index contributed by atoms with van der Waals surface area (Å²) < 4.78 is 9.57. The second-order valence-corrected chi connectivity index (χ2v) is 4.43. The van der Waals surface area contributed by atoms with Crippen LogP contribution in [0.2, 0.25) is 0 Å². The second kappa shape index (κ2) is 6.33. The molecule has 19 heavy (non-hydrogen) atoms. The first-order valence-electron chi connectivity index (χ1n) is 5.10. The minimum atomic E-state index is -1.43. The van der Waals surface area contributed by atoms with Crippen molar-refractivity contribution in [3.63, 3.8) is 0 Å². The van der Waals surface area contributed by atoms with Crippen LogP contribution in [0, 0.1) is 0 Å². The molecule has 7 heteroatoms. The minimum Gasteiger partial charge on any atom is -0.478 e. The molecule has 0 amide bonds. The maximum atomic E-state index is 11.7. The summed E-state index contributed by atoms with van der Waals surface area (Å²) in [5, 5.41) is 9.09. The van der Waals surface area contributed by atoms with E-state index in [0.717, 1.165) is 14.2 Å². The molecule has 0 atom stereocenters. The zero-order valence-corrected chi connectivity index (χ0v) is 11.8. The van der Waals surface area contributed by atoms with Gasteiger partial charge in [0.1, 0.15) is 0 Å². The highest BCUT2D eigenvalue weighted by Crippen LogP contribution is 2.26. The van der Waals surface area contributed by atoms with Crippen molar-refractivity contribution in [3.8, 4) is 0 Å². The van der Waals surface area contributed by atoms with Crippen molar-refractivity contribution in [2.45, 2.75) is 5.92 Å². The number of carbonyl (C=O) groups is 3. The van der Waals surface area contributed by atoms with Gasteiger partial charge in [0, 0.05) is 4.47 Å². The van der Waals surface area contributed by atoms with Gasteiger partial charge in [-0.05, 0) is 23.8 Å². The lowest BCUT2D eigenvalue weighted by Gasteiger charge is -2.15. The molecule has 1 aromatic rings. The van der Waals surface area contributed by atoms with E-state index in [4.69, 9.17) is 5.11 Å². The first-order valence-corrected chi connectivity index (χ1v) is 5.90. The zero-order chi connectivity index (χ0) is 14.6. The van der Waals surface area contributed by atoms with Gasteiger partial charge in [0.05, 0.1) is 19.8 Å². The summed E-state index contributed by atoms with van der Waals surface area (Å²) in [6.07, 6.45) is 0. The lowest BCUT2D eigenvalue weighted by molar-refractivity contribution is -0.154. The molecule has 0 aliphatic rings. The third-order valence-electron chi connectivity index (χ3n) is 2.43. The van der Waals surface area contributed by atoms with E-state index in [2.05, 4.69) is 25.4 Å². The highest BCUT2D eigenvalue weighted by Gasteiger charge is 2.34. The number of benzene rings is 1. The normalized spacial score (nSPS) is 10.1. The fraction of sp³-hybridized carbons (Fsp3) is 0.250. The lowest BCUT2D eigenvalue weighted by atomic mass is 9.94. The van der Waals surface area contributed by atoms with Crippen molar-refractivity contribution >= 4 is 33.8 Å². The highest BCUT2D eigenvalue weighted by atomic mass is 79.9. The first kappa shape index (κ1) is 15.2. The number of esters is 2. The Kier molecular flexibility index (Phi) is 5.05. The summed E-state index contributed by atoms with van der Waals surface area (Å²) in [6.45, 7) is 0. The van der Waals surface area contributed by atoms with Gasteiger partial charge in [-0.1, -0.05) is 15.9 Å². The summed E-state index contributed by atoms with van der Waals surface area (Å²) in [5.41, 5.74) is -0.149. The van der Waals surface area contributed by atoms with Crippen molar-refractivity contribution in [3.05, 3.63) is 33.8 Å². The van der Waals surface area contributed by atoms with Crippen molar-refractivity contribution in [1.29, 1.82) is 0 Å². The van der Waals surface area contributed by atoms with E-state index in [1.165, 1.54) is 18.2 Å². The summed E-state index contributed by atoms with van der Waals surface area (Å²) in [6, 6.07) is 4.17. The Balaban J connectivity index is 3.44. The fourth-order valence-electron chi connectivity index (χ4n) is 1.55. The van der Waals surface area contributed by atoms with Crippen molar-refractivity contribution in [2.24, 2.45) is 0 Å². The molecule has 0 unspecified atom stereocenters. The number of carboxylic acids is 1. The van der Waals surface area contributed by atoms with Gasteiger partial charge in [-0.15, -0.1) is 0 Å². The molecule has 0 fully saturated rings. The van der Waals surface area contributed by atoms with Crippen LogP contribution in [0.3, 0.4) is 0 Å². The standard InChI is InChI=1S/C12H11BrO6/c1-18-11(16)9(12(17)19-2)8-5-6(13)3-4-7(8)10(14)15/h3-5,9H,1-2H3,(H,14,15). The van der Waals surface area contributed by atoms with E-state index < -0.39 is 23.8 Å². The lowest BCUT2D eigenvalue weighted by Crippen LogP contribution is -2.26. The van der Waals surface area contributed by atoms with Crippen LogP contribution < -0.4 is 0 Å². The van der Waals surface area contributed by atoms with E-state index in [-0.39, 0.29) is 11.1 Å². The Hall–Kier alpha value is -1.89. The molecule has 0 aliphatic carbocycles. The molecule has 0 radical (unpaired) electrons. The van der Waals surface area contributed by atoms with E-state index in [0.29, 0.717) is 4.47 Å². The Morgan fingerprint density at radius 3 is 2.11 bits per heavy atom. The van der Waals surface area contributed by atoms with Crippen LogP contribution >= 0.6 is 15.9 Å². The molecule has 6 nitrogen and oxygen atoms in total. The molecule has 1 rings (SSSR count). The average molecular weight is 331 g/mol. The predicted octanol–water partition coefficient (Wildman–Crippen LogP) is 1.58. The zero-order valence-electron chi connectivity index (χ0n) is 10.2. The van der Waals surface area contributed by atoms with E-state index >= 15 is 0 Å². The van der Waals surface area contributed by atoms with Crippen LogP contribution in [-0.2, 0) is 19.1 Å². The molecular formula is C12H11BrO6. The third-order valence-corrected chi connectivity index (χ3v) is 2.92. The Morgan fingerprint density at radius 2 is 1.68 bits per heavy atom. The maximum Gasteiger partial charge on any atom is 0.336 e. The van der Waals surface area contributed by atoms with Crippen LogP contribution in [0.1, 0.15) is 21.8 Å². The minimum absolute atomic E-state index is 0.0144. The number of carboxylic acid groups (broad SMARTS) is 1. The second-order valence-electron chi connectivity index (χ2n) is 3.52. The van der Waals surface area contributed by atoms with Crippen LogP contribution in [0.5, 0.6) is 0 Å². The van der Waals surface area contributed by atoms with Gasteiger partial charge in [0.25, 0.3) is 0 Å². The number of ether oxygens (including phenoxy) is 2. The molecule has 1 N–H and O–H groups in total. The monoisotopic (exact) mass is 330 g/mol. The number of rotatable bonds is 4. The number of halogens is 1. The third kappa shape index (κ3) is 3.31. The topological polar surface area (TPSA) is 89.9 Å². The van der Waals surface area contributed by atoms with Crippen LogP contribution in [0.4, 0.5) is 0 Å². The van der Waals surface area contributed by atoms with Gasteiger partial charge in [-0.2, -0.15) is 0 Å². The smallest absolute Gasteiger partial charge is 0.336 e. The molecule has 1 aromatic carbocycles. The quantitative estimate of drug-likeness (QED) is 0.665. The number of aromatic carboxylic acids is 1. The molecule has 0 saturated carbocycles. The Bertz CT molecular complexity index is 509. The van der Waals surface area contributed by atoms with Gasteiger partial charge < -0.3 is 14.6 Å². The largest absolute Gasteiger partial charge is 0.478 e. The summed E-state index contributed by atoms with van der Waals surface area (Å²) in [5.74, 6) is -4.45. The van der Waals surface area contributed by atoms with Gasteiger partial charge in [0.15, 0.2) is 5.92 Å². The van der Waals surface area contributed by atoms with Crippen LogP contribution in [0.15, 0.2) is 22.7 Å². The van der Waals surface area contributed by atoms with Crippen LogP contribution in [-0.4, -0.2) is 37.2 Å². The average Bonchev–Trinajstić information content (AvgIpc) is 2.38. The van der Waals surface area contributed by atoms with Crippen LogP contribution in [0.25, 0.3) is 0 Å². The molecular weight excluding hydrogens is 320 g/mol. The summed E-state index contributed by atoms with van der Waals surface area (Å²) >= 11 is 3.16. The predicted molar refractivity (Wildman–Crippen MR) is 67.9 cm³/mol. The molecule has 0 spiro atoms. The van der Waals surface area contributed by atoms with Gasteiger partial charge >= 0.3 is 17.9 Å². The van der Waals surface area contributed by atoms with Crippen molar-refractivity contribution in [2.75, 3.05) is 14.2 Å². The highest BCUT2D eigenvalue weighted by molar-refractivity contribution is 9.10. The summed E-state index contributed by atoms with van der Waals surface area (Å²) in [7, 11) is 2.22. The number of hydrogen-bond donors (Lipinski definition) is 1. The number of carbonyl (C=O) groups excluding carboxylic acids is 2.